The van der Waals surface area contributed by atoms with Crippen LogP contribution in [0.25, 0.3) is 22.0 Å². The van der Waals surface area contributed by atoms with Crippen LogP contribution in [0.5, 0.6) is 0 Å². The standard InChI is InChI=1S/C31H33N3O5S2/c1-20-33-30(39-34-20)28(22-11-13-26(14-12-22)40(4,35)36)17-21-8-6-9-23(16-21)27-19-25(31(2,3)41(5,37)38)18-24-10-7-15-32-29(24)27/h6-16,18-19,28,30H,17H2,1-5H3,(H,33,34). The summed E-state index contributed by atoms with van der Waals surface area (Å²) in [5, 5.41) is 0.862. The zero-order chi connectivity index (χ0) is 29.6. The van der Waals surface area contributed by atoms with Crippen molar-refractivity contribution in [2.75, 3.05) is 12.5 Å². The molecule has 2 heterocycles. The van der Waals surface area contributed by atoms with E-state index < -0.39 is 30.6 Å². The molecule has 3 aromatic carbocycles. The molecule has 0 spiro atoms. The lowest BCUT2D eigenvalue weighted by Crippen LogP contribution is -2.28. The zero-order valence-electron chi connectivity index (χ0n) is 23.6. The van der Waals surface area contributed by atoms with Crippen molar-refractivity contribution in [2.24, 2.45) is 4.99 Å². The average Bonchev–Trinajstić information content (AvgIpc) is 3.36. The molecule has 0 radical (unpaired) electrons. The van der Waals surface area contributed by atoms with Gasteiger partial charge in [0, 0.05) is 35.6 Å². The van der Waals surface area contributed by atoms with E-state index in [1.54, 1.807) is 32.2 Å². The number of pyridine rings is 1. The SMILES string of the molecule is CC1=NC(C(Cc2cccc(-c3cc(C(C)(C)S(C)(=O)=O)cc4cccnc34)c2)c2ccc(S(C)(=O)=O)cc2)ON1. The molecule has 0 amide bonds. The number of rotatable bonds is 8. The number of hydroxylamine groups is 1. The van der Waals surface area contributed by atoms with Crippen molar-refractivity contribution in [1.82, 2.24) is 10.5 Å². The summed E-state index contributed by atoms with van der Waals surface area (Å²) < 4.78 is 48.3. The summed E-state index contributed by atoms with van der Waals surface area (Å²) in [6.45, 7) is 5.27. The van der Waals surface area contributed by atoms with Crippen molar-refractivity contribution in [3.8, 4) is 11.1 Å². The first-order valence-corrected chi connectivity index (χ1v) is 17.0. The Hall–Kier alpha value is -3.60. The summed E-state index contributed by atoms with van der Waals surface area (Å²) in [6, 6.07) is 22.5. The van der Waals surface area contributed by atoms with Crippen molar-refractivity contribution < 1.29 is 21.7 Å². The second kappa shape index (κ2) is 10.7. The Morgan fingerprint density at radius 1 is 0.951 bits per heavy atom. The topological polar surface area (TPSA) is 115 Å². The zero-order valence-corrected chi connectivity index (χ0v) is 25.3. The number of nitrogens with one attached hydrogen (secondary N) is 1. The normalized spacial score (nSPS) is 16.8. The van der Waals surface area contributed by atoms with Crippen molar-refractivity contribution in [1.29, 1.82) is 0 Å². The average molecular weight is 592 g/mol. The summed E-state index contributed by atoms with van der Waals surface area (Å²) in [4.78, 5) is 15.3. The largest absolute Gasteiger partial charge is 0.256 e. The molecule has 5 rings (SSSR count). The van der Waals surface area contributed by atoms with Gasteiger partial charge in [0.1, 0.15) is 5.84 Å². The lowest BCUT2D eigenvalue weighted by atomic mass is 9.88. The highest BCUT2D eigenvalue weighted by Gasteiger charge is 2.33. The number of aromatic nitrogens is 1. The number of hydrogen-bond acceptors (Lipinski definition) is 8. The van der Waals surface area contributed by atoms with E-state index in [0.717, 1.165) is 33.2 Å². The number of benzene rings is 3. The van der Waals surface area contributed by atoms with E-state index in [4.69, 9.17) is 4.84 Å². The van der Waals surface area contributed by atoms with E-state index in [2.05, 4.69) is 21.5 Å². The first-order chi connectivity index (χ1) is 19.2. The van der Waals surface area contributed by atoms with E-state index in [0.29, 0.717) is 17.8 Å². The smallest absolute Gasteiger partial charge is 0.184 e. The summed E-state index contributed by atoms with van der Waals surface area (Å²) >= 11 is 0. The molecular formula is C31H33N3O5S2. The van der Waals surface area contributed by atoms with Gasteiger partial charge >= 0.3 is 0 Å². The highest BCUT2D eigenvalue weighted by atomic mass is 32.2. The minimum Gasteiger partial charge on any atom is -0.256 e. The molecule has 1 aliphatic heterocycles. The van der Waals surface area contributed by atoms with E-state index in [1.165, 1.54) is 12.5 Å². The summed E-state index contributed by atoms with van der Waals surface area (Å²) in [5.74, 6) is 0.471. The molecule has 2 atom stereocenters. The molecule has 0 saturated heterocycles. The Morgan fingerprint density at radius 2 is 1.68 bits per heavy atom. The second-order valence-corrected chi connectivity index (χ2v) is 15.6. The maximum Gasteiger partial charge on any atom is 0.184 e. The number of hydrogen-bond donors (Lipinski definition) is 1. The quantitative estimate of drug-likeness (QED) is 0.300. The van der Waals surface area contributed by atoms with Gasteiger partial charge in [0.05, 0.1) is 15.2 Å². The van der Waals surface area contributed by atoms with Crippen LogP contribution in [0, 0.1) is 0 Å². The van der Waals surface area contributed by atoms with Crippen LogP contribution in [0.4, 0.5) is 0 Å². The number of amidine groups is 1. The molecule has 2 unspecified atom stereocenters. The van der Waals surface area contributed by atoms with Gasteiger partial charge in [-0.2, -0.15) is 0 Å². The van der Waals surface area contributed by atoms with Crippen LogP contribution in [-0.2, 0) is 35.7 Å². The van der Waals surface area contributed by atoms with Gasteiger partial charge in [0.15, 0.2) is 25.9 Å². The highest BCUT2D eigenvalue weighted by Crippen LogP contribution is 2.37. The van der Waals surface area contributed by atoms with Crippen LogP contribution in [0.3, 0.4) is 0 Å². The van der Waals surface area contributed by atoms with Crippen molar-refractivity contribution in [3.05, 3.63) is 95.7 Å². The monoisotopic (exact) mass is 591 g/mol. The van der Waals surface area contributed by atoms with Crippen LogP contribution in [0.1, 0.15) is 43.4 Å². The molecule has 0 aliphatic carbocycles. The lowest BCUT2D eigenvalue weighted by molar-refractivity contribution is 0.0208. The van der Waals surface area contributed by atoms with Crippen LogP contribution in [0.2, 0.25) is 0 Å². The van der Waals surface area contributed by atoms with Gasteiger partial charge in [-0.3, -0.25) is 10.5 Å². The van der Waals surface area contributed by atoms with Crippen molar-refractivity contribution in [3.63, 3.8) is 0 Å². The van der Waals surface area contributed by atoms with Gasteiger partial charge in [0.2, 0.25) is 0 Å². The maximum atomic E-state index is 12.7. The second-order valence-electron chi connectivity index (χ2n) is 11.1. The minimum absolute atomic E-state index is 0.200. The van der Waals surface area contributed by atoms with E-state index in [-0.39, 0.29) is 10.8 Å². The van der Waals surface area contributed by atoms with Crippen LogP contribution < -0.4 is 5.48 Å². The van der Waals surface area contributed by atoms with E-state index in [1.807, 2.05) is 61.5 Å². The Labute approximate surface area is 241 Å². The molecule has 214 valence electrons. The Morgan fingerprint density at radius 3 is 2.32 bits per heavy atom. The molecule has 0 fully saturated rings. The van der Waals surface area contributed by atoms with Gasteiger partial charge < -0.3 is 0 Å². The third-order valence-corrected chi connectivity index (χ3v) is 11.0. The van der Waals surface area contributed by atoms with Gasteiger partial charge in [0.25, 0.3) is 0 Å². The van der Waals surface area contributed by atoms with Gasteiger partial charge in [-0.25, -0.2) is 26.7 Å². The third kappa shape index (κ3) is 5.91. The molecule has 10 heteroatoms. The fourth-order valence-corrected chi connectivity index (χ4v) is 6.18. The molecule has 1 N–H and O–H groups in total. The number of fused-ring (bicyclic) bond motifs is 1. The lowest BCUT2D eigenvalue weighted by Gasteiger charge is -2.25. The Kier molecular flexibility index (Phi) is 7.52. The van der Waals surface area contributed by atoms with Crippen LogP contribution in [0.15, 0.2) is 88.9 Å². The fourth-order valence-electron chi connectivity index (χ4n) is 5.00. The summed E-state index contributed by atoms with van der Waals surface area (Å²) in [7, 11) is -6.72. The highest BCUT2D eigenvalue weighted by molar-refractivity contribution is 7.91. The molecule has 4 aromatic rings. The van der Waals surface area contributed by atoms with Crippen LogP contribution in [-0.4, -0.2) is 46.4 Å². The van der Waals surface area contributed by atoms with Gasteiger partial charge in [-0.05, 0) is 79.8 Å². The van der Waals surface area contributed by atoms with Gasteiger partial charge in [-0.1, -0.05) is 42.5 Å². The maximum absolute atomic E-state index is 12.7. The number of nitrogens with zero attached hydrogens (tertiary/aromatic N) is 2. The fraction of sp³-hybridized carbons (Fsp3) is 0.290. The number of sulfone groups is 2. The van der Waals surface area contributed by atoms with Crippen molar-refractivity contribution in [2.45, 2.75) is 49.0 Å². The van der Waals surface area contributed by atoms with E-state index in [9.17, 15) is 16.8 Å². The predicted molar refractivity (Wildman–Crippen MR) is 162 cm³/mol. The third-order valence-electron chi connectivity index (χ3n) is 7.75. The molecule has 0 saturated carbocycles. The van der Waals surface area contributed by atoms with Crippen LogP contribution >= 0.6 is 0 Å². The molecular weight excluding hydrogens is 558 g/mol. The Bertz CT molecular complexity index is 1870. The first kappa shape index (κ1) is 28.9. The minimum atomic E-state index is -3.39. The molecule has 1 aliphatic rings. The number of aliphatic imine (C=N–C) groups is 1. The molecule has 0 bridgehead atoms. The Balaban J connectivity index is 1.58. The summed E-state index contributed by atoms with van der Waals surface area (Å²) in [5.41, 5.74) is 7.98. The molecule has 41 heavy (non-hydrogen) atoms. The predicted octanol–water partition coefficient (Wildman–Crippen LogP) is 5.19. The van der Waals surface area contributed by atoms with E-state index >= 15 is 0 Å². The van der Waals surface area contributed by atoms with Gasteiger partial charge in [-0.15, -0.1) is 0 Å². The first-order valence-electron chi connectivity index (χ1n) is 13.2. The molecule has 1 aromatic heterocycles. The summed E-state index contributed by atoms with van der Waals surface area (Å²) in [6.07, 6.45) is 4.25. The van der Waals surface area contributed by atoms with Crippen molar-refractivity contribution >= 4 is 36.4 Å². The molecule has 8 nitrogen and oxygen atoms in total.